The molecule has 3 aliphatic heterocycles. The molecular weight excluding hydrogens is 591 g/mol. The minimum atomic E-state index is -1.54. The third-order valence-electron chi connectivity index (χ3n) is 7.86. The zero-order valence-corrected chi connectivity index (χ0v) is 23.1. The van der Waals surface area contributed by atoms with Crippen LogP contribution in [0.4, 0.5) is 4.79 Å². The first-order valence-corrected chi connectivity index (χ1v) is 13.2. The van der Waals surface area contributed by atoms with Gasteiger partial charge in [-0.15, -0.1) is 0 Å². The number of ether oxygens (including phenoxy) is 1. The van der Waals surface area contributed by atoms with Crippen molar-refractivity contribution < 1.29 is 24.2 Å². The Labute approximate surface area is 227 Å². The van der Waals surface area contributed by atoms with Gasteiger partial charge in [0.15, 0.2) is 11.5 Å². The van der Waals surface area contributed by atoms with Crippen LogP contribution in [0.1, 0.15) is 23.6 Å². The van der Waals surface area contributed by atoms with Crippen LogP contribution in [0.2, 0.25) is 0 Å². The Balaban J connectivity index is 1.53. The molecule has 3 aliphatic rings. The van der Waals surface area contributed by atoms with E-state index in [2.05, 4.69) is 4.90 Å². The third-order valence-corrected chi connectivity index (χ3v) is 8.69. The topological polar surface area (TPSA) is 112 Å². The van der Waals surface area contributed by atoms with Crippen LogP contribution in [0.5, 0.6) is 11.5 Å². The summed E-state index contributed by atoms with van der Waals surface area (Å²) in [4.78, 5) is 56.8. The molecule has 11 heteroatoms. The number of imide groups is 2. The number of nitrogens with zero attached hydrogens (tertiary/aromatic N) is 4. The number of benzene rings is 1. The number of halogens is 1. The molecule has 4 heterocycles. The van der Waals surface area contributed by atoms with Crippen molar-refractivity contribution in [2.75, 3.05) is 40.8 Å². The number of phenols is 1. The Bertz CT molecular complexity index is 1330. The van der Waals surface area contributed by atoms with Gasteiger partial charge < -0.3 is 19.3 Å². The Morgan fingerprint density at radius 1 is 1.05 bits per heavy atom. The summed E-state index contributed by atoms with van der Waals surface area (Å²) in [7, 11) is 4.24. The van der Waals surface area contributed by atoms with Crippen LogP contribution in [-0.2, 0) is 22.6 Å². The van der Waals surface area contributed by atoms with Gasteiger partial charge in [-0.2, -0.15) is 0 Å². The molecule has 5 rings (SSSR count). The van der Waals surface area contributed by atoms with E-state index in [9.17, 15) is 24.3 Å². The second-order valence-electron chi connectivity index (χ2n) is 10.3. The van der Waals surface area contributed by atoms with Gasteiger partial charge in [-0.1, -0.05) is 6.07 Å². The van der Waals surface area contributed by atoms with Crippen molar-refractivity contribution in [2.45, 2.75) is 25.3 Å². The first kappa shape index (κ1) is 25.7. The van der Waals surface area contributed by atoms with Crippen molar-refractivity contribution >= 4 is 40.4 Å². The van der Waals surface area contributed by atoms with E-state index < -0.39 is 23.3 Å². The van der Waals surface area contributed by atoms with Gasteiger partial charge in [0.2, 0.25) is 11.8 Å². The summed E-state index contributed by atoms with van der Waals surface area (Å²) in [6.07, 6.45) is 0.988. The van der Waals surface area contributed by atoms with E-state index in [1.807, 2.05) is 33.2 Å². The number of barbiturate groups is 1. The largest absolute Gasteiger partial charge is 0.504 e. The number of urea groups is 1. The summed E-state index contributed by atoms with van der Waals surface area (Å²) in [5.74, 6) is -0.530. The average molecular weight is 620 g/mol. The SMILES string of the molecule is COc1cc(CC2(CN3C[C@@H]4C[C@@H](C3)c3cccc(=O)n3C4)C(=O)N(C)C(=O)N(C)C2=O)cc(I)c1O. The second kappa shape index (κ2) is 9.43. The minimum Gasteiger partial charge on any atom is -0.504 e. The number of fused-ring (bicyclic) bond motifs is 4. The number of rotatable bonds is 5. The van der Waals surface area contributed by atoms with Gasteiger partial charge >= 0.3 is 6.03 Å². The van der Waals surface area contributed by atoms with Crippen LogP contribution in [0.15, 0.2) is 35.1 Å². The molecule has 2 fully saturated rings. The highest BCUT2D eigenvalue weighted by atomic mass is 127. The standard InChI is InChI=1S/C26H29IN4O6/c1-28-23(34)26(24(35)29(2)25(28)36,10-15-8-18(27)22(33)20(9-15)37-3)14-30-11-16-7-17(13-30)19-5-4-6-21(32)31(19)12-16/h4-6,8-9,16-17,33H,7,10-14H2,1-3H3/t16-,17-/m0/s1. The lowest BCUT2D eigenvalue weighted by Gasteiger charge is -2.48. The molecule has 1 N–H and O–H groups in total. The quantitative estimate of drug-likeness (QED) is 0.402. The van der Waals surface area contributed by atoms with Crippen LogP contribution in [0.3, 0.4) is 0 Å². The fourth-order valence-electron chi connectivity index (χ4n) is 6.21. The van der Waals surface area contributed by atoms with Gasteiger partial charge in [-0.05, 0) is 65.1 Å². The van der Waals surface area contributed by atoms with Gasteiger partial charge in [-0.25, -0.2) is 4.79 Å². The van der Waals surface area contributed by atoms with Gasteiger partial charge in [0.1, 0.15) is 5.41 Å². The summed E-state index contributed by atoms with van der Waals surface area (Å²) in [5.41, 5.74) is 0.0780. The number of amides is 4. The van der Waals surface area contributed by atoms with Gasteiger partial charge in [0.05, 0.1) is 10.7 Å². The first-order chi connectivity index (χ1) is 17.6. The number of phenolic OH excluding ortho intramolecular Hbond substituents is 1. The maximum atomic E-state index is 13.8. The minimum absolute atomic E-state index is 0.00704. The van der Waals surface area contributed by atoms with Crippen molar-refractivity contribution in [2.24, 2.45) is 11.3 Å². The smallest absolute Gasteiger partial charge is 0.332 e. The Hall–Kier alpha value is -2.93. The van der Waals surface area contributed by atoms with Crippen molar-refractivity contribution in [1.82, 2.24) is 19.3 Å². The lowest BCUT2D eigenvalue weighted by atomic mass is 9.75. The van der Waals surface area contributed by atoms with Gasteiger partial charge in [0, 0.05) is 58.0 Å². The predicted octanol–water partition coefficient (Wildman–Crippen LogP) is 1.87. The van der Waals surface area contributed by atoms with Crippen molar-refractivity contribution in [1.29, 1.82) is 0 Å². The molecule has 37 heavy (non-hydrogen) atoms. The number of hydrogen-bond acceptors (Lipinski definition) is 7. The number of likely N-dealkylation sites (tertiary alicyclic amines) is 1. The van der Waals surface area contributed by atoms with E-state index in [1.54, 1.807) is 24.3 Å². The van der Waals surface area contributed by atoms with E-state index in [0.29, 0.717) is 28.8 Å². The lowest BCUT2D eigenvalue weighted by Crippen LogP contribution is -2.67. The number of piperidine rings is 1. The monoisotopic (exact) mass is 620 g/mol. The van der Waals surface area contributed by atoms with E-state index >= 15 is 0 Å². The van der Waals surface area contributed by atoms with Crippen molar-refractivity contribution in [3.8, 4) is 11.5 Å². The van der Waals surface area contributed by atoms with Crippen LogP contribution in [-0.4, -0.2) is 83.1 Å². The molecule has 2 saturated heterocycles. The van der Waals surface area contributed by atoms with E-state index in [4.69, 9.17) is 4.74 Å². The third kappa shape index (κ3) is 4.21. The molecule has 0 unspecified atom stereocenters. The average Bonchev–Trinajstić information content (AvgIpc) is 2.88. The second-order valence-corrected chi connectivity index (χ2v) is 11.5. The first-order valence-electron chi connectivity index (χ1n) is 12.1. The highest BCUT2D eigenvalue weighted by Gasteiger charge is 2.56. The summed E-state index contributed by atoms with van der Waals surface area (Å²) in [6.45, 7) is 1.97. The Morgan fingerprint density at radius 2 is 1.76 bits per heavy atom. The molecule has 0 spiro atoms. The molecule has 1 aromatic carbocycles. The number of aromatic nitrogens is 1. The molecule has 196 valence electrons. The molecule has 2 atom stereocenters. The summed E-state index contributed by atoms with van der Waals surface area (Å²) in [5, 5.41) is 10.3. The fraction of sp³-hybridized carbons (Fsp3) is 0.462. The maximum Gasteiger partial charge on any atom is 0.332 e. The van der Waals surface area contributed by atoms with Crippen LogP contribution in [0, 0.1) is 14.9 Å². The molecular formula is C26H29IN4O6. The molecule has 2 bridgehead atoms. The Kier molecular flexibility index (Phi) is 6.55. The molecule has 1 aromatic heterocycles. The highest BCUT2D eigenvalue weighted by molar-refractivity contribution is 14.1. The molecule has 10 nitrogen and oxygen atoms in total. The summed E-state index contributed by atoms with van der Waals surface area (Å²) < 4.78 is 7.68. The predicted molar refractivity (Wildman–Crippen MR) is 142 cm³/mol. The molecule has 0 saturated carbocycles. The van der Waals surface area contributed by atoms with Crippen LogP contribution < -0.4 is 10.3 Å². The van der Waals surface area contributed by atoms with Crippen LogP contribution >= 0.6 is 22.6 Å². The highest BCUT2D eigenvalue weighted by Crippen LogP contribution is 2.41. The number of carbonyl (C=O) groups excluding carboxylic acids is 3. The zero-order chi connectivity index (χ0) is 26.6. The molecule has 0 radical (unpaired) electrons. The molecule has 0 aliphatic carbocycles. The number of methoxy groups -OCH3 is 1. The number of aromatic hydroxyl groups is 1. The number of pyridine rings is 1. The molecule has 4 amide bonds. The van der Waals surface area contributed by atoms with E-state index in [-0.39, 0.29) is 41.9 Å². The maximum absolute atomic E-state index is 13.8. The van der Waals surface area contributed by atoms with E-state index in [0.717, 1.165) is 21.9 Å². The number of carbonyl (C=O) groups is 3. The molecule has 2 aromatic rings. The lowest BCUT2D eigenvalue weighted by molar-refractivity contribution is -0.159. The summed E-state index contributed by atoms with van der Waals surface area (Å²) >= 11 is 1.98. The Morgan fingerprint density at radius 3 is 2.43 bits per heavy atom. The zero-order valence-electron chi connectivity index (χ0n) is 20.9. The van der Waals surface area contributed by atoms with E-state index in [1.165, 1.54) is 21.2 Å². The normalized spacial score (nSPS) is 23.3. The van der Waals surface area contributed by atoms with Gasteiger partial charge in [0.25, 0.3) is 5.56 Å². The summed E-state index contributed by atoms with van der Waals surface area (Å²) in [6, 6.07) is 8.02. The fourth-order valence-corrected chi connectivity index (χ4v) is 6.88. The van der Waals surface area contributed by atoms with Gasteiger partial charge in [-0.3, -0.25) is 24.2 Å². The number of hydrogen-bond donors (Lipinski definition) is 1. The van der Waals surface area contributed by atoms with Crippen molar-refractivity contribution in [3.05, 3.63) is 55.5 Å². The van der Waals surface area contributed by atoms with Crippen molar-refractivity contribution in [3.63, 3.8) is 0 Å². The van der Waals surface area contributed by atoms with Crippen LogP contribution in [0.25, 0.3) is 0 Å².